The van der Waals surface area contributed by atoms with Crippen molar-refractivity contribution in [2.24, 2.45) is 0 Å². The number of benzene rings is 2. The van der Waals surface area contributed by atoms with Gasteiger partial charge in [-0.1, -0.05) is 42.8 Å². The van der Waals surface area contributed by atoms with Gasteiger partial charge in [0.05, 0.1) is 29.4 Å². The fourth-order valence-corrected chi connectivity index (χ4v) is 4.17. The molecule has 5 nitrogen and oxygen atoms in total. The lowest BCUT2D eigenvalue weighted by molar-refractivity contribution is -0.0229. The third-order valence-electron chi connectivity index (χ3n) is 4.43. The number of hydrogen-bond acceptors (Lipinski definition) is 4. The molecular formula is C19H20ClNO4S. The van der Waals surface area contributed by atoms with E-state index in [1.807, 2.05) is 12.1 Å². The third-order valence-corrected chi connectivity index (χ3v) is 6.47. The van der Waals surface area contributed by atoms with Crippen LogP contribution in [-0.2, 0) is 14.6 Å². The van der Waals surface area contributed by atoms with Crippen molar-refractivity contribution in [1.29, 1.82) is 0 Å². The molecule has 0 spiro atoms. The first-order valence-corrected chi connectivity index (χ1v) is 10.4. The maximum Gasteiger partial charge on any atom is 0.255 e. The molecule has 0 saturated carbocycles. The van der Waals surface area contributed by atoms with Crippen LogP contribution in [0.2, 0.25) is 5.02 Å². The van der Waals surface area contributed by atoms with Crippen molar-refractivity contribution in [2.75, 3.05) is 25.4 Å². The minimum Gasteiger partial charge on any atom is -0.370 e. The second kappa shape index (κ2) is 7.78. The van der Waals surface area contributed by atoms with Gasteiger partial charge in [0.15, 0.2) is 9.84 Å². The van der Waals surface area contributed by atoms with Crippen molar-refractivity contribution in [1.82, 2.24) is 4.90 Å². The van der Waals surface area contributed by atoms with Crippen LogP contribution in [0, 0.1) is 0 Å². The summed E-state index contributed by atoms with van der Waals surface area (Å²) < 4.78 is 30.4. The Balaban J connectivity index is 1.86. The molecule has 0 bridgehead atoms. The van der Waals surface area contributed by atoms with Crippen LogP contribution in [0.5, 0.6) is 0 Å². The molecule has 1 fully saturated rings. The fraction of sp³-hybridized carbons (Fsp3) is 0.316. The van der Waals surface area contributed by atoms with Gasteiger partial charge in [0.2, 0.25) is 0 Å². The van der Waals surface area contributed by atoms with Crippen molar-refractivity contribution < 1.29 is 17.9 Å². The second-order valence-corrected chi connectivity index (χ2v) is 8.74. The highest BCUT2D eigenvalue weighted by Gasteiger charge is 2.29. The van der Waals surface area contributed by atoms with Crippen LogP contribution >= 0.6 is 11.6 Å². The van der Waals surface area contributed by atoms with Gasteiger partial charge >= 0.3 is 0 Å². The van der Waals surface area contributed by atoms with Gasteiger partial charge in [0, 0.05) is 11.6 Å². The van der Waals surface area contributed by atoms with Crippen LogP contribution < -0.4 is 0 Å². The van der Waals surface area contributed by atoms with Gasteiger partial charge in [-0.2, -0.15) is 0 Å². The van der Waals surface area contributed by atoms with E-state index < -0.39 is 9.84 Å². The molecule has 0 unspecified atom stereocenters. The van der Waals surface area contributed by atoms with E-state index in [2.05, 4.69) is 0 Å². The molecule has 1 amide bonds. The number of rotatable bonds is 4. The number of carbonyl (C=O) groups is 1. The van der Waals surface area contributed by atoms with Gasteiger partial charge in [0.1, 0.15) is 6.10 Å². The zero-order chi connectivity index (χ0) is 18.7. The standard InChI is InChI=1S/C19H20ClNO4S/c1-2-26(23,24)18-6-4-3-5-16(18)19(22)21-11-12-25-17(13-21)14-7-9-15(20)10-8-14/h3-10,17H,2,11-13H2,1H3/t17-/m0/s1. The number of sulfone groups is 1. The number of nitrogens with zero attached hydrogens (tertiary/aromatic N) is 1. The minimum absolute atomic E-state index is 0.0478. The van der Waals surface area contributed by atoms with Crippen molar-refractivity contribution in [3.63, 3.8) is 0 Å². The molecule has 26 heavy (non-hydrogen) atoms. The number of morpholine rings is 1. The third kappa shape index (κ3) is 3.92. The monoisotopic (exact) mass is 393 g/mol. The van der Waals surface area contributed by atoms with E-state index in [0.29, 0.717) is 24.7 Å². The SMILES string of the molecule is CCS(=O)(=O)c1ccccc1C(=O)N1CCO[C@H](c2ccc(Cl)cc2)C1. The molecule has 0 N–H and O–H groups in total. The topological polar surface area (TPSA) is 63.7 Å². The van der Waals surface area contributed by atoms with Gasteiger partial charge in [0.25, 0.3) is 5.91 Å². The van der Waals surface area contributed by atoms with E-state index in [1.54, 1.807) is 42.2 Å². The zero-order valence-corrected chi connectivity index (χ0v) is 16.0. The molecule has 1 heterocycles. The predicted molar refractivity (Wildman–Crippen MR) is 100 cm³/mol. The van der Waals surface area contributed by atoms with Crippen LogP contribution in [0.4, 0.5) is 0 Å². The van der Waals surface area contributed by atoms with Crippen LogP contribution in [0.25, 0.3) is 0 Å². The summed E-state index contributed by atoms with van der Waals surface area (Å²) in [7, 11) is -3.48. The molecule has 0 aliphatic carbocycles. The molecule has 3 rings (SSSR count). The van der Waals surface area contributed by atoms with E-state index in [1.165, 1.54) is 6.07 Å². The number of ether oxygens (including phenoxy) is 1. The second-order valence-electron chi connectivity index (χ2n) is 6.06. The number of hydrogen-bond donors (Lipinski definition) is 0. The van der Waals surface area contributed by atoms with Gasteiger partial charge < -0.3 is 9.64 Å². The van der Waals surface area contributed by atoms with E-state index in [9.17, 15) is 13.2 Å². The molecule has 138 valence electrons. The van der Waals surface area contributed by atoms with Crippen LogP contribution in [-0.4, -0.2) is 44.7 Å². The smallest absolute Gasteiger partial charge is 0.255 e. The Labute approximate surface area is 158 Å². The van der Waals surface area contributed by atoms with Crippen LogP contribution in [0.3, 0.4) is 0 Å². The minimum atomic E-state index is -3.48. The van der Waals surface area contributed by atoms with Gasteiger partial charge in [-0.3, -0.25) is 4.79 Å². The molecule has 1 aliphatic rings. The van der Waals surface area contributed by atoms with Crippen molar-refractivity contribution >= 4 is 27.3 Å². The van der Waals surface area contributed by atoms with E-state index in [-0.39, 0.29) is 28.2 Å². The molecule has 7 heteroatoms. The molecule has 2 aromatic rings. The number of halogens is 1. The van der Waals surface area contributed by atoms with Gasteiger partial charge in [-0.05, 0) is 29.8 Å². The summed E-state index contributed by atoms with van der Waals surface area (Å²) in [5.74, 6) is -0.340. The van der Waals surface area contributed by atoms with E-state index in [4.69, 9.17) is 16.3 Å². The summed E-state index contributed by atoms with van der Waals surface area (Å²) in [6, 6.07) is 13.7. The number of amides is 1. The first-order valence-electron chi connectivity index (χ1n) is 8.40. The largest absolute Gasteiger partial charge is 0.370 e. The fourth-order valence-electron chi connectivity index (χ4n) is 2.95. The first-order chi connectivity index (χ1) is 12.4. The molecule has 1 saturated heterocycles. The summed E-state index contributed by atoms with van der Waals surface area (Å²) >= 11 is 5.92. The average molecular weight is 394 g/mol. The zero-order valence-electron chi connectivity index (χ0n) is 14.4. The average Bonchev–Trinajstić information content (AvgIpc) is 2.68. The lowest BCUT2D eigenvalue weighted by Gasteiger charge is -2.33. The molecular weight excluding hydrogens is 374 g/mol. The normalized spacial score (nSPS) is 17.9. The van der Waals surface area contributed by atoms with E-state index >= 15 is 0 Å². The summed E-state index contributed by atoms with van der Waals surface area (Å²) in [6.07, 6.45) is -0.264. The van der Waals surface area contributed by atoms with Gasteiger partial charge in [-0.25, -0.2) is 8.42 Å². The van der Waals surface area contributed by atoms with Gasteiger partial charge in [-0.15, -0.1) is 0 Å². The Morgan fingerprint density at radius 2 is 1.88 bits per heavy atom. The summed E-state index contributed by atoms with van der Waals surface area (Å²) in [6.45, 7) is 2.74. The summed E-state index contributed by atoms with van der Waals surface area (Å²) in [5, 5.41) is 0.635. The van der Waals surface area contributed by atoms with Crippen molar-refractivity contribution in [2.45, 2.75) is 17.9 Å². The molecule has 0 aromatic heterocycles. The Bertz CT molecular complexity index is 896. The Kier molecular flexibility index (Phi) is 5.65. The first kappa shape index (κ1) is 18.9. The molecule has 1 atom stereocenters. The Morgan fingerprint density at radius 3 is 2.58 bits per heavy atom. The van der Waals surface area contributed by atoms with E-state index in [0.717, 1.165) is 5.56 Å². The summed E-state index contributed by atoms with van der Waals surface area (Å²) in [5.41, 5.74) is 1.15. The molecule has 2 aromatic carbocycles. The van der Waals surface area contributed by atoms with Crippen molar-refractivity contribution in [3.8, 4) is 0 Å². The van der Waals surface area contributed by atoms with Crippen molar-refractivity contribution in [3.05, 3.63) is 64.7 Å². The maximum absolute atomic E-state index is 13.0. The highest BCUT2D eigenvalue weighted by Crippen LogP contribution is 2.26. The molecule has 1 aliphatic heterocycles. The van der Waals surface area contributed by atoms with Crippen LogP contribution in [0.15, 0.2) is 53.4 Å². The molecule has 0 radical (unpaired) electrons. The maximum atomic E-state index is 13.0. The number of carbonyl (C=O) groups excluding carboxylic acids is 1. The Morgan fingerprint density at radius 1 is 1.19 bits per heavy atom. The Hall–Kier alpha value is -1.89. The summed E-state index contributed by atoms with van der Waals surface area (Å²) in [4.78, 5) is 14.7. The lowest BCUT2D eigenvalue weighted by atomic mass is 10.1. The highest BCUT2D eigenvalue weighted by atomic mass is 35.5. The van der Waals surface area contributed by atoms with Crippen LogP contribution in [0.1, 0.15) is 28.9 Å². The highest BCUT2D eigenvalue weighted by molar-refractivity contribution is 7.91. The lowest BCUT2D eigenvalue weighted by Crippen LogP contribution is -2.42. The quantitative estimate of drug-likeness (QED) is 0.799. The predicted octanol–water partition coefficient (Wildman–Crippen LogP) is 3.35.